The number of thioether (sulfide) groups is 1. The molecule has 2 aromatic carbocycles. The van der Waals surface area contributed by atoms with Crippen molar-refractivity contribution in [2.45, 2.75) is 45.3 Å². The Labute approximate surface area is 166 Å². The smallest absolute Gasteiger partial charge is 0.318 e. The molecular weight excluding hydrogens is 360 g/mol. The van der Waals surface area contributed by atoms with E-state index in [0.29, 0.717) is 5.75 Å². The molecule has 2 aromatic rings. The van der Waals surface area contributed by atoms with Gasteiger partial charge >= 0.3 is 5.97 Å². The van der Waals surface area contributed by atoms with Crippen LogP contribution < -0.4 is 4.74 Å². The molecule has 26 heavy (non-hydrogen) atoms. The second-order valence-corrected chi connectivity index (χ2v) is 9.35. The van der Waals surface area contributed by atoms with Gasteiger partial charge in [0.05, 0.1) is 9.61 Å². The van der Waals surface area contributed by atoms with Crippen LogP contribution in [0, 0.1) is 5.41 Å². The monoisotopic (exact) mass is 386 g/mol. The predicted octanol–water partition coefficient (Wildman–Crippen LogP) is 6.29. The van der Waals surface area contributed by atoms with Gasteiger partial charge in [-0.1, -0.05) is 74.1 Å². The third-order valence-corrected chi connectivity index (χ3v) is 6.71. The Morgan fingerprint density at radius 2 is 1.54 bits per heavy atom. The Morgan fingerprint density at radius 1 is 1.00 bits per heavy atom. The van der Waals surface area contributed by atoms with Crippen molar-refractivity contribution in [3.8, 4) is 5.75 Å². The van der Waals surface area contributed by atoms with Gasteiger partial charge in [0.25, 0.3) is 0 Å². The number of ether oxygens (including phenoxy) is 1. The lowest BCUT2D eigenvalue weighted by Gasteiger charge is -2.41. The first-order valence-corrected chi connectivity index (χ1v) is 10.1. The third-order valence-electron chi connectivity index (χ3n) is 4.84. The quantitative estimate of drug-likeness (QED) is 0.317. The van der Waals surface area contributed by atoms with Crippen LogP contribution >= 0.6 is 24.0 Å². The summed E-state index contributed by atoms with van der Waals surface area (Å²) < 4.78 is 6.09. The van der Waals surface area contributed by atoms with E-state index >= 15 is 0 Å². The van der Waals surface area contributed by atoms with Crippen molar-refractivity contribution in [1.29, 1.82) is 0 Å². The van der Waals surface area contributed by atoms with Crippen LogP contribution in [0.15, 0.2) is 60.7 Å². The summed E-state index contributed by atoms with van der Waals surface area (Å²) in [6, 6.07) is 19.2. The fraction of sp³-hybridized carbons (Fsp3) is 0.364. The van der Waals surface area contributed by atoms with Crippen molar-refractivity contribution < 1.29 is 9.53 Å². The molecule has 0 N–H and O–H groups in total. The Kier molecular flexibility index (Phi) is 7.01. The van der Waals surface area contributed by atoms with E-state index in [2.05, 4.69) is 20.8 Å². The zero-order chi connectivity index (χ0) is 19.2. The summed E-state index contributed by atoms with van der Waals surface area (Å²) in [5, 5.41) is 0. The summed E-state index contributed by atoms with van der Waals surface area (Å²) >= 11 is 7.22. The van der Waals surface area contributed by atoms with E-state index in [0.717, 1.165) is 22.6 Å². The normalized spacial score (nSPS) is 13.7. The fourth-order valence-corrected chi connectivity index (χ4v) is 4.72. The van der Waals surface area contributed by atoms with E-state index < -0.39 is 10.2 Å². The van der Waals surface area contributed by atoms with Crippen molar-refractivity contribution in [3.05, 3.63) is 66.2 Å². The zero-order valence-corrected chi connectivity index (χ0v) is 17.5. The highest BCUT2D eigenvalue weighted by atomic mass is 32.2. The number of benzene rings is 2. The highest BCUT2D eigenvalue weighted by molar-refractivity contribution is 8.24. The lowest BCUT2D eigenvalue weighted by Crippen LogP contribution is -2.47. The summed E-state index contributed by atoms with van der Waals surface area (Å²) in [6.07, 6.45) is 1.62. The zero-order valence-electron chi connectivity index (χ0n) is 15.8. The maximum atomic E-state index is 13.1. The number of esters is 1. The number of carbonyl (C=O) groups is 1. The van der Waals surface area contributed by atoms with Crippen molar-refractivity contribution in [2.75, 3.05) is 0 Å². The van der Waals surface area contributed by atoms with Crippen LogP contribution in [0.1, 0.15) is 46.1 Å². The van der Waals surface area contributed by atoms with E-state index in [1.54, 1.807) is 23.9 Å². The third kappa shape index (κ3) is 4.74. The summed E-state index contributed by atoms with van der Waals surface area (Å²) in [4.78, 5) is 13.1. The molecule has 0 aliphatic heterocycles. The molecule has 1 atom stereocenters. The van der Waals surface area contributed by atoms with Crippen LogP contribution in [-0.4, -0.2) is 14.9 Å². The highest BCUT2D eigenvalue weighted by Crippen LogP contribution is 2.47. The van der Waals surface area contributed by atoms with Gasteiger partial charge in [0.15, 0.2) is 0 Å². The van der Waals surface area contributed by atoms with Gasteiger partial charge in [-0.05, 0) is 44.9 Å². The maximum absolute atomic E-state index is 13.1. The van der Waals surface area contributed by atoms with Crippen LogP contribution in [-0.2, 0) is 4.79 Å². The van der Waals surface area contributed by atoms with Crippen LogP contribution in [0.3, 0.4) is 0 Å². The molecule has 0 saturated carbocycles. The van der Waals surface area contributed by atoms with Gasteiger partial charge < -0.3 is 4.74 Å². The first-order valence-electron chi connectivity index (χ1n) is 8.86. The molecule has 0 fully saturated rings. The van der Waals surface area contributed by atoms with E-state index in [9.17, 15) is 4.79 Å². The molecule has 0 aromatic heterocycles. The van der Waals surface area contributed by atoms with E-state index in [4.69, 9.17) is 17.0 Å². The second-order valence-electron chi connectivity index (χ2n) is 7.05. The van der Waals surface area contributed by atoms with Gasteiger partial charge in [-0.2, -0.15) is 0 Å². The SMILES string of the molecule is CCCC(C)(C(=O)Oc1ccccc1)C(C)(C)SC(=S)c1ccccc1. The van der Waals surface area contributed by atoms with Gasteiger partial charge in [0, 0.05) is 4.75 Å². The largest absolute Gasteiger partial charge is 0.426 e. The summed E-state index contributed by atoms with van der Waals surface area (Å²) in [5.74, 6) is 0.366. The van der Waals surface area contributed by atoms with Gasteiger partial charge in [0.2, 0.25) is 0 Å². The average Bonchev–Trinajstić information content (AvgIpc) is 2.63. The topological polar surface area (TPSA) is 26.3 Å². The van der Waals surface area contributed by atoms with Crippen LogP contribution in [0.25, 0.3) is 0 Å². The standard InChI is InChI=1S/C22H26O2S2/c1-5-16-22(4,20(23)24-18-14-10-7-11-15-18)21(2,3)26-19(25)17-12-8-6-9-13-17/h6-15H,5,16H2,1-4H3. The number of hydrogen-bond donors (Lipinski definition) is 0. The minimum Gasteiger partial charge on any atom is -0.426 e. The van der Waals surface area contributed by atoms with Crippen molar-refractivity contribution in [1.82, 2.24) is 0 Å². The van der Waals surface area contributed by atoms with Crippen molar-refractivity contribution in [3.63, 3.8) is 0 Å². The minimum absolute atomic E-state index is 0.209. The molecule has 0 radical (unpaired) electrons. The summed E-state index contributed by atoms with van der Waals surface area (Å²) in [7, 11) is 0. The average molecular weight is 387 g/mol. The van der Waals surface area contributed by atoms with Gasteiger partial charge in [-0.3, -0.25) is 4.79 Å². The number of hydrogen-bond acceptors (Lipinski definition) is 4. The van der Waals surface area contributed by atoms with Gasteiger partial charge in [-0.25, -0.2) is 0 Å². The van der Waals surface area contributed by atoms with Gasteiger partial charge in [0.1, 0.15) is 5.75 Å². The molecule has 138 valence electrons. The summed E-state index contributed by atoms with van der Waals surface area (Å²) in [5.41, 5.74) is 0.344. The first-order chi connectivity index (χ1) is 12.3. The van der Waals surface area contributed by atoms with Crippen LogP contribution in [0.4, 0.5) is 0 Å². The Hall–Kier alpha value is -1.65. The molecule has 2 rings (SSSR count). The molecule has 0 amide bonds. The lowest BCUT2D eigenvalue weighted by atomic mass is 9.75. The highest BCUT2D eigenvalue weighted by Gasteiger charge is 2.49. The molecule has 0 heterocycles. The molecule has 1 unspecified atom stereocenters. The van der Waals surface area contributed by atoms with Crippen molar-refractivity contribution in [2.24, 2.45) is 5.41 Å². The molecule has 2 nitrogen and oxygen atoms in total. The van der Waals surface area contributed by atoms with Crippen LogP contribution in [0.2, 0.25) is 0 Å². The first kappa shape index (κ1) is 20.7. The fourth-order valence-electron chi connectivity index (χ4n) is 2.83. The Morgan fingerprint density at radius 3 is 2.08 bits per heavy atom. The number of carbonyl (C=O) groups excluding carboxylic acids is 1. The number of thiocarbonyl (C=S) groups is 1. The molecule has 0 bridgehead atoms. The second kappa shape index (κ2) is 8.83. The van der Waals surface area contributed by atoms with E-state index in [1.807, 2.05) is 55.5 Å². The molecule has 0 saturated heterocycles. The summed E-state index contributed by atoms with van der Waals surface area (Å²) in [6.45, 7) is 8.23. The van der Waals surface area contributed by atoms with Crippen LogP contribution in [0.5, 0.6) is 5.75 Å². The molecular formula is C22H26O2S2. The molecule has 4 heteroatoms. The molecule has 0 spiro atoms. The number of para-hydroxylation sites is 1. The molecule has 0 aliphatic carbocycles. The molecule has 0 aliphatic rings. The Bertz CT molecular complexity index is 741. The predicted molar refractivity (Wildman–Crippen MR) is 115 cm³/mol. The maximum Gasteiger partial charge on any atom is 0.318 e. The Balaban J connectivity index is 2.24. The van der Waals surface area contributed by atoms with Gasteiger partial charge in [-0.15, -0.1) is 11.8 Å². The van der Waals surface area contributed by atoms with E-state index in [1.165, 1.54) is 0 Å². The number of rotatable bonds is 7. The minimum atomic E-state index is -0.666. The van der Waals surface area contributed by atoms with E-state index in [-0.39, 0.29) is 5.97 Å². The van der Waals surface area contributed by atoms with Crippen molar-refractivity contribution >= 4 is 34.1 Å². The lowest BCUT2D eigenvalue weighted by molar-refractivity contribution is -0.147.